The molecule has 0 saturated carbocycles. The zero-order valence-corrected chi connectivity index (χ0v) is 18.8. The molecular formula is C22H27F2N3O4S. The van der Waals surface area contributed by atoms with Crippen LogP contribution in [0.5, 0.6) is 11.6 Å². The molecule has 0 spiro atoms. The number of carbonyl (C=O) groups excluding carboxylic acids is 1. The first-order chi connectivity index (χ1) is 15.5. The maximum atomic E-state index is 14.4. The summed E-state index contributed by atoms with van der Waals surface area (Å²) >= 11 is 1.10. The van der Waals surface area contributed by atoms with Crippen LogP contribution in [0.25, 0.3) is 0 Å². The molecule has 0 amide bonds. The summed E-state index contributed by atoms with van der Waals surface area (Å²) in [6, 6.07) is 3.10. The predicted octanol–water partition coefficient (Wildman–Crippen LogP) is 3.82. The molecule has 0 unspecified atom stereocenters. The Bertz CT molecular complexity index is 955. The number of likely N-dealkylation sites (tertiary alicyclic amines) is 1. The second-order valence-electron chi connectivity index (χ2n) is 7.94. The minimum Gasteiger partial charge on any atom is -0.493 e. The van der Waals surface area contributed by atoms with Gasteiger partial charge in [0.25, 0.3) is 0 Å². The molecule has 1 aromatic heterocycles. The van der Waals surface area contributed by atoms with Gasteiger partial charge in [0.1, 0.15) is 29.3 Å². The van der Waals surface area contributed by atoms with Crippen LogP contribution in [0.2, 0.25) is 0 Å². The number of methoxy groups -OCH3 is 1. The highest BCUT2D eigenvalue weighted by Gasteiger charge is 2.24. The van der Waals surface area contributed by atoms with Crippen LogP contribution in [0.4, 0.5) is 13.8 Å². The van der Waals surface area contributed by atoms with E-state index in [1.54, 1.807) is 6.07 Å². The Morgan fingerprint density at radius 1 is 1.41 bits per heavy atom. The van der Waals surface area contributed by atoms with E-state index in [0.717, 1.165) is 43.0 Å². The Morgan fingerprint density at radius 2 is 2.28 bits per heavy atom. The van der Waals surface area contributed by atoms with Crippen molar-refractivity contribution in [1.82, 2.24) is 9.27 Å². The van der Waals surface area contributed by atoms with Gasteiger partial charge >= 0.3 is 5.97 Å². The minimum atomic E-state index is -0.704. The smallest absolute Gasteiger partial charge is 0.346 e. The monoisotopic (exact) mass is 467 g/mol. The van der Waals surface area contributed by atoms with Gasteiger partial charge in [-0.2, -0.15) is 4.37 Å². The molecule has 10 heteroatoms. The van der Waals surface area contributed by atoms with Crippen molar-refractivity contribution < 1.29 is 27.8 Å². The summed E-state index contributed by atoms with van der Waals surface area (Å²) in [6.45, 7) is 3.29. The third kappa shape index (κ3) is 5.29. The summed E-state index contributed by atoms with van der Waals surface area (Å²) < 4.78 is 47.9. The molecule has 4 rings (SSSR count). The Morgan fingerprint density at radius 3 is 3.06 bits per heavy atom. The molecule has 1 atom stereocenters. The summed E-state index contributed by atoms with van der Waals surface area (Å²) in [5.41, 5.74) is 1.38. The minimum absolute atomic E-state index is 0.0823. The van der Waals surface area contributed by atoms with Crippen molar-refractivity contribution in [3.63, 3.8) is 0 Å². The van der Waals surface area contributed by atoms with Gasteiger partial charge in [-0.3, -0.25) is 0 Å². The molecule has 2 aromatic rings. The summed E-state index contributed by atoms with van der Waals surface area (Å²) in [4.78, 5) is 14.5. The molecule has 2 aliphatic heterocycles. The van der Waals surface area contributed by atoms with Gasteiger partial charge in [0.15, 0.2) is 5.56 Å². The lowest BCUT2D eigenvalue weighted by molar-refractivity contribution is 0.0596. The summed E-state index contributed by atoms with van der Waals surface area (Å²) in [7, 11) is 1.29. The first-order valence-corrected chi connectivity index (χ1v) is 11.6. The lowest BCUT2D eigenvalue weighted by atomic mass is 10.1. The molecule has 3 heterocycles. The average Bonchev–Trinajstić information content (AvgIpc) is 3.51. The van der Waals surface area contributed by atoms with Gasteiger partial charge < -0.3 is 24.4 Å². The molecule has 1 aromatic carbocycles. The molecular weight excluding hydrogens is 440 g/mol. The standard InChI is InChI=1S/C22H27F2N3O4S/c1-29-22(28)19-20(31-13-15-11-18-14(5-9-30-18)10-17(15)24)26-32-21(19)25-6-2-3-7-27-8-4-16(23)12-27/h10-11,16,25H,2-9,12-13H2,1H3/t16-/m1/s1. The Balaban J connectivity index is 1.33. The molecule has 2 aliphatic rings. The summed E-state index contributed by atoms with van der Waals surface area (Å²) in [5.74, 6) is -0.175. The third-order valence-electron chi connectivity index (χ3n) is 5.67. The van der Waals surface area contributed by atoms with Crippen molar-refractivity contribution in [2.45, 2.75) is 38.5 Å². The van der Waals surface area contributed by atoms with Gasteiger partial charge in [-0.15, -0.1) is 0 Å². The van der Waals surface area contributed by atoms with Crippen LogP contribution in [-0.4, -0.2) is 61.3 Å². The molecule has 32 heavy (non-hydrogen) atoms. The molecule has 0 radical (unpaired) electrons. The van der Waals surface area contributed by atoms with E-state index in [9.17, 15) is 13.6 Å². The number of hydrogen-bond acceptors (Lipinski definition) is 8. The van der Waals surface area contributed by atoms with Crippen LogP contribution in [0.3, 0.4) is 0 Å². The lowest BCUT2D eigenvalue weighted by Gasteiger charge is -2.14. The van der Waals surface area contributed by atoms with Crippen LogP contribution in [0, 0.1) is 5.82 Å². The van der Waals surface area contributed by atoms with Gasteiger partial charge in [0.05, 0.1) is 13.7 Å². The van der Waals surface area contributed by atoms with E-state index in [0.29, 0.717) is 48.9 Å². The van der Waals surface area contributed by atoms with Crippen molar-refractivity contribution in [3.8, 4) is 11.6 Å². The highest BCUT2D eigenvalue weighted by atomic mass is 32.1. The van der Waals surface area contributed by atoms with E-state index in [4.69, 9.17) is 14.2 Å². The number of anilines is 1. The SMILES string of the molecule is COC(=O)c1c(OCc2cc3c(cc2F)CCO3)nsc1NCCCCN1CC[C@@H](F)C1. The van der Waals surface area contributed by atoms with Gasteiger partial charge in [-0.05, 0) is 49.5 Å². The van der Waals surface area contributed by atoms with Crippen molar-refractivity contribution >= 4 is 22.5 Å². The molecule has 1 N–H and O–H groups in total. The Kier molecular flexibility index (Phi) is 7.41. The van der Waals surface area contributed by atoms with Crippen LogP contribution in [0.15, 0.2) is 12.1 Å². The van der Waals surface area contributed by atoms with Gasteiger partial charge in [-0.1, -0.05) is 0 Å². The fraction of sp³-hybridized carbons (Fsp3) is 0.545. The number of carbonyl (C=O) groups is 1. The molecule has 1 fully saturated rings. The largest absolute Gasteiger partial charge is 0.493 e. The van der Waals surface area contributed by atoms with Crippen LogP contribution < -0.4 is 14.8 Å². The van der Waals surface area contributed by atoms with Crippen LogP contribution in [0.1, 0.15) is 40.7 Å². The van der Waals surface area contributed by atoms with Gasteiger partial charge in [0, 0.05) is 37.2 Å². The number of aromatic nitrogens is 1. The molecule has 0 aliphatic carbocycles. The second kappa shape index (κ2) is 10.4. The van der Waals surface area contributed by atoms with Crippen molar-refractivity contribution in [3.05, 3.63) is 34.6 Å². The first kappa shape index (κ1) is 22.7. The zero-order valence-electron chi connectivity index (χ0n) is 18.0. The van der Waals surface area contributed by atoms with Crippen molar-refractivity contribution in [2.24, 2.45) is 0 Å². The van der Waals surface area contributed by atoms with E-state index in [1.165, 1.54) is 13.2 Å². The zero-order chi connectivity index (χ0) is 22.5. The fourth-order valence-electron chi connectivity index (χ4n) is 3.92. The number of fused-ring (bicyclic) bond motifs is 1. The van der Waals surface area contributed by atoms with Crippen molar-refractivity contribution in [1.29, 1.82) is 0 Å². The normalized spacial score (nSPS) is 17.8. The molecule has 7 nitrogen and oxygen atoms in total. The predicted molar refractivity (Wildman–Crippen MR) is 117 cm³/mol. The number of esters is 1. The average molecular weight is 468 g/mol. The fourth-order valence-corrected chi connectivity index (χ4v) is 4.67. The van der Waals surface area contributed by atoms with E-state index < -0.39 is 12.1 Å². The third-order valence-corrected chi connectivity index (χ3v) is 6.46. The maximum Gasteiger partial charge on any atom is 0.346 e. The molecule has 0 bridgehead atoms. The van der Waals surface area contributed by atoms with E-state index in [2.05, 4.69) is 14.6 Å². The van der Waals surface area contributed by atoms with Gasteiger partial charge in [0.2, 0.25) is 5.88 Å². The number of unbranched alkanes of at least 4 members (excludes halogenated alkanes) is 1. The van der Waals surface area contributed by atoms with Crippen LogP contribution in [-0.2, 0) is 17.8 Å². The van der Waals surface area contributed by atoms with Gasteiger partial charge in [-0.25, -0.2) is 13.6 Å². The Hall–Kier alpha value is -2.46. The number of benzene rings is 1. The lowest BCUT2D eigenvalue weighted by Crippen LogP contribution is -2.22. The number of ether oxygens (including phenoxy) is 3. The van der Waals surface area contributed by atoms with E-state index >= 15 is 0 Å². The molecule has 1 saturated heterocycles. The van der Waals surface area contributed by atoms with Crippen molar-refractivity contribution in [2.75, 3.05) is 45.2 Å². The number of rotatable bonds is 10. The Labute approximate surface area is 189 Å². The summed E-state index contributed by atoms with van der Waals surface area (Å²) in [5, 5.41) is 3.77. The second-order valence-corrected chi connectivity index (χ2v) is 8.72. The molecule has 174 valence electrons. The topological polar surface area (TPSA) is 72.9 Å². The highest BCUT2D eigenvalue weighted by molar-refractivity contribution is 7.10. The van der Waals surface area contributed by atoms with E-state index in [-0.39, 0.29) is 23.9 Å². The van der Waals surface area contributed by atoms with E-state index in [1.807, 2.05) is 0 Å². The highest BCUT2D eigenvalue weighted by Crippen LogP contribution is 2.33. The van der Waals surface area contributed by atoms with Crippen LogP contribution >= 0.6 is 11.5 Å². The first-order valence-electron chi connectivity index (χ1n) is 10.8. The quantitative estimate of drug-likeness (QED) is 0.421. The summed E-state index contributed by atoms with van der Waals surface area (Å²) in [6.07, 6.45) is 2.39. The number of halogens is 2. The number of hydrogen-bond donors (Lipinski definition) is 1. The number of nitrogens with one attached hydrogen (secondary N) is 1. The maximum absolute atomic E-state index is 14.4. The number of alkyl halides is 1. The number of nitrogens with zero attached hydrogens (tertiary/aromatic N) is 2.